The molecule has 31 heavy (non-hydrogen) atoms. The molecular formula is C21H23FN2O6S. The first kappa shape index (κ1) is 24.1. The van der Waals surface area contributed by atoms with E-state index >= 15 is 0 Å². The number of halogens is 1. The van der Waals surface area contributed by atoms with Crippen LogP contribution in [0.25, 0.3) is 0 Å². The minimum Gasteiger partial charge on any atom is -0.481 e. The highest BCUT2D eigenvalue weighted by Gasteiger charge is 2.46. The number of anilines is 1. The fourth-order valence-electron chi connectivity index (χ4n) is 2.67. The second kappa shape index (κ2) is 9.78. The van der Waals surface area contributed by atoms with Gasteiger partial charge in [-0.3, -0.25) is 4.79 Å². The van der Waals surface area contributed by atoms with E-state index in [4.69, 9.17) is 10.5 Å². The SMILES string of the molecule is CC#CCOc1ccc(S(=O)(=O)N(Cc2cc(F)ccc2N)C(C)(CO)C(=O)O)cc1. The van der Waals surface area contributed by atoms with Crippen LogP contribution in [0.15, 0.2) is 47.4 Å². The molecule has 2 rings (SSSR count). The number of nitrogens with two attached hydrogens (primary N) is 1. The highest BCUT2D eigenvalue weighted by molar-refractivity contribution is 7.89. The molecule has 8 nitrogen and oxygen atoms in total. The Bertz CT molecular complexity index is 1110. The van der Waals surface area contributed by atoms with Crippen LogP contribution < -0.4 is 10.5 Å². The van der Waals surface area contributed by atoms with Gasteiger partial charge in [0.05, 0.1) is 11.5 Å². The number of hydrogen-bond acceptors (Lipinski definition) is 6. The third-order valence-electron chi connectivity index (χ3n) is 4.64. The summed E-state index contributed by atoms with van der Waals surface area (Å²) in [4.78, 5) is 11.7. The van der Waals surface area contributed by atoms with Crippen LogP contribution in [0.4, 0.5) is 10.1 Å². The van der Waals surface area contributed by atoms with Gasteiger partial charge in [0, 0.05) is 12.2 Å². The maximum atomic E-state index is 13.7. The lowest BCUT2D eigenvalue weighted by Gasteiger charge is -2.35. The van der Waals surface area contributed by atoms with E-state index in [-0.39, 0.29) is 22.8 Å². The van der Waals surface area contributed by atoms with Crippen LogP contribution in [0.3, 0.4) is 0 Å². The highest BCUT2D eigenvalue weighted by atomic mass is 32.2. The molecule has 0 fully saturated rings. The highest BCUT2D eigenvalue weighted by Crippen LogP contribution is 2.30. The Balaban J connectivity index is 2.52. The molecule has 0 aliphatic heterocycles. The van der Waals surface area contributed by atoms with Crippen LogP contribution in [0.1, 0.15) is 19.4 Å². The molecule has 1 unspecified atom stereocenters. The quantitative estimate of drug-likeness (QED) is 0.392. The number of aliphatic hydroxyl groups excluding tert-OH is 1. The van der Waals surface area contributed by atoms with Gasteiger partial charge >= 0.3 is 5.97 Å². The van der Waals surface area contributed by atoms with Crippen molar-refractivity contribution >= 4 is 21.7 Å². The summed E-state index contributed by atoms with van der Waals surface area (Å²) in [6.45, 7) is 1.24. The molecule has 0 bridgehead atoms. The summed E-state index contributed by atoms with van der Waals surface area (Å²) in [6, 6.07) is 8.64. The minimum absolute atomic E-state index is 0.0580. The molecule has 0 aliphatic carbocycles. The Morgan fingerprint density at radius 2 is 1.90 bits per heavy atom. The minimum atomic E-state index is -4.45. The zero-order valence-electron chi connectivity index (χ0n) is 17.0. The number of carbonyl (C=O) groups is 1. The van der Waals surface area contributed by atoms with Gasteiger partial charge in [0.2, 0.25) is 10.0 Å². The summed E-state index contributed by atoms with van der Waals surface area (Å²) < 4.78 is 46.4. The second-order valence-corrected chi connectivity index (χ2v) is 8.64. The number of carboxylic acid groups (broad SMARTS) is 1. The summed E-state index contributed by atoms with van der Waals surface area (Å²) in [5.41, 5.74) is 3.73. The molecule has 1 atom stereocenters. The van der Waals surface area contributed by atoms with Gasteiger partial charge in [-0.1, -0.05) is 5.92 Å². The third kappa shape index (κ3) is 5.32. The molecule has 0 saturated carbocycles. The number of benzene rings is 2. The zero-order chi connectivity index (χ0) is 23.2. The smallest absolute Gasteiger partial charge is 0.327 e. The molecule has 0 aromatic heterocycles. The number of carboxylic acids is 1. The second-order valence-electron chi connectivity index (χ2n) is 6.78. The van der Waals surface area contributed by atoms with Crippen LogP contribution in [-0.2, 0) is 21.4 Å². The van der Waals surface area contributed by atoms with Crippen molar-refractivity contribution in [3.05, 3.63) is 53.8 Å². The summed E-state index contributed by atoms with van der Waals surface area (Å²) in [5.74, 6) is 3.48. The fraction of sp³-hybridized carbons (Fsp3) is 0.286. The maximum absolute atomic E-state index is 13.7. The number of sulfonamides is 1. The molecule has 0 spiro atoms. The molecule has 0 amide bonds. The van der Waals surface area contributed by atoms with Crippen LogP contribution in [-0.4, -0.2) is 47.7 Å². The van der Waals surface area contributed by atoms with Crippen molar-refractivity contribution in [2.45, 2.75) is 30.8 Å². The Hall–Kier alpha value is -3.13. The molecule has 0 saturated heterocycles. The topological polar surface area (TPSA) is 130 Å². The van der Waals surface area contributed by atoms with E-state index in [1.54, 1.807) is 6.92 Å². The first-order valence-electron chi connectivity index (χ1n) is 9.09. The van der Waals surface area contributed by atoms with Crippen molar-refractivity contribution in [1.82, 2.24) is 4.31 Å². The van der Waals surface area contributed by atoms with Gasteiger partial charge in [0.1, 0.15) is 18.2 Å². The molecule has 4 N–H and O–H groups in total. The fourth-order valence-corrected chi connectivity index (χ4v) is 4.38. The average molecular weight is 450 g/mol. The van der Waals surface area contributed by atoms with Crippen molar-refractivity contribution in [2.24, 2.45) is 0 Å². The average Bonchev–Trinajstić information content (AvgIpc) is 2.74. The molecule has 166 valence electrons. The van der Waals surface area contributed by atoms with Gasteiger partial charge < -0.3 is 20.7 Å². The largest absolute Gasteiger partial charge is 0.481 e. The van der Waals surface area contributed by atoms with Gasteiger partial charge in [-0.15, -0.1) is 5.92 Å². The summed E-state index contributed by atoms with van der Waals surface area (Å²) in [5, 5.41) is 19.5. The predicted molar refractivity (Wildman–Crippen MR) is 112 cm³/mol. The molecular weight excluding hydrogens is 427 g/mol. The Morgan fingerprint density at radius 1 is 1.26 bits per heavy atom. The lowest BCUT2D eigenvalue weighted by Crippen LogP contribution is -2.57. The summed E-state index contributed by atoms with van der Waals surface area (Å²) in [6.07, 6.45) is 0. The van der Waals surface area contributed by atoms with Crippen LogP contribution in [0.2, 0.25) is 0 Å². The standard InChI is InChI=1S/C21H23FN2O6S/c1-3-4-11-30-17-6-8-18(9-7-17)31(28,29)24(21(2,14-25)20(26)27)13-15-12-16(22)5-10-19(15)23/h5-10,12,25H,11,13-14,23H2,1-2H3,(H,26,27). The van der Waals surface area contributed by atoms with E-state index in [9.17, 15) is 27.8 Å². The third-order valence-corrected chi connectivity index (χ3v) is 6.62. The van der Waals surface area contributed by atoms with E-state index < -0.39 is 40.5 Å². The lowest BCUT2D eigenvalue weighted by atomic mass is 10.0. The van der Waals surface area contributed by atoms with Gasteiger partial charge in [-0.05, 0) is 61.9 Å². The van der Waals surface area contributed by atoms with Crippen molar-refractivity contribution in [3.8, 4) is 17.6 Å². The van der Waals surface area contributed by atoms with Gasteiger partial charge in [0.25, 0.3) is 0 Å². The Labute approximate surface area is 180 Å². The molecule has 2 aromatic rings. The van der Waals surface area contributed by atoms with Crippen LogP contribution >= 0.6 is 0 Å². The van der Waals surface area contributed by atoms with E-state index in [0.29, 0.717) is 10.1 Å². The molecule has 0 aliphatic rings. The molecule has 0 radical (unpaired) electrons. The molecule has 0 heterocycles. The Morgan fingerprint density at radius 3 is 2.45 bits per heavy atom. The van der Waals surface area contributed by atoms with E-state index in [0.717, 1.165) is 19.1 Å². The molecule has 2 aromatic carbocycles. The normalized spacial score (nSPS) is 13.2. The van der Waals surface area contributed by atoms with E-state index in [1.165, 1.54) is 30.3 Å². The number of nitrogens with zero attached hydrogens (tertiary/aromatic N) is 1. The van der Waals surface area contributed by atoms with E-state index in [2.05, 4.69) is 11.8 Å². The van der Waals surface area contributed by atoms with Crippen LogP contribution in [0.5, 0.6) is 5.75 Å². The summed E-state index contributed by atoms with van der Waals surface area (Å²) >= 11 is 0. The number of rotatable bonds is 9. The number of aliphatic hydroxyl groups is 1. The zero-order valence-corrected chi connectivity index (χ0v) is 17.8. The lowest BCUT2D eigenvalue weighted by molar-refractivity contribution is -0.150. The van der Waals surface area contributed by atoms with Crippen molar-refractivity contribution in [2.75, 3.05) is 18.9 Å². The van der Waals surface area contributed by atoms with Crippen LogP contribution in [0, 0.1) is 17.7 Å². The number of hydrogen-bond donors (Lipinski definition) is 3. The number of nitrogen functional groups attached to an aromatic ring is 1. The number of ether oxygens (including phenoxy) is 1. The van der Waals surface area contributed by atoms with Crippen molar-refractivity contribution < 1.29 is 32.6 Å². The first-order valence-corrected chi connectivity index (χ1v) is 10.5. The van der Waals surface area contributed by atoms with Gasteiger partial charge in [-0.2, -0.15) is 4.31 Å². The van der Waals surface area contributed by atoms with Crippen molar-refractivity contribution in [1.29, 1.82) is 0 Å². The van der Waals surface area contributed by atoms with E-state index in [1.807, 2.05) is 0 Å². The summed E-state index contributed by atoms with van der Waals surface area (Å²) in [7, 11) is -4.45. The maximum Gasteiger partial charge on any atom is 0.327 e. The Kier molecular flexibility index (Phi) is 7.62. The first-order chi connectivity index (χ1) is 14.6. The van der Waals surface area contributed by atoms with Gasteiger partial charge in [-0.25, -0.2) is 12.8 Å². The monoisotopic (exact) mass is 450 g/mol. The van der Waals surface area contributed by atoms with Crippen molar-refractivity contribution in [3.63, 3.8) is 0 Å². The number of aliphatic carboxylic acids is 1. The molecule has 10 heteroatoms. The predicted octanol–water partition coefficient (Wildman–Crippen LogP) is 1.84. The van der Waals surface area contributed by atoms with Gasteiger partial charge in [0.15, 0.2) is 5.54 Å².